The summed E-state index contributed by atoms with van der Waals surface area (Å²) in [7, 11) is 0. The SMILES string of the molecule is CC(=NNC(=O)c1ccc(-n2cc(-c3ccccc3)nn2)cc1O)c1ccccc1F. The normalized spacial score (nSPS) is 11.4. The molecular formula is C23H18FN5O2. The van der Waals surface area contributed by atoms with Crippen LogP contribution in [0.3, 0.4) is 0 Å². The average molecular weight is 415 g/mol. The second kappa shape index (κ2) is 8.58. The predicted octanol–water partition coefficient (Wildman–Crippen LogP) is 3.93. The molecule has 0 atom stereocenters. The zero-order valence-electron chi connectivity index (χ0n) is 16.5. The molecule has 0 saturated heterocycles. The molecule has 31 heavy (non-hydrogen) atoms. The Labute approximate surface area is 177 Å². The first-order valence-corrected chi connectivity index (χ1v) is 9.43. The molecule has 1 amide bonds. The summed E-state index contributed by atoms with van der Waals surface area (Å²) in [5.74, 6) is -1.30. The smallest absolute Gasteiger partial charge is 0.275 e. The molecule has 1 aromatic heterocycles. The molecule has 0 fully saturated rings. The highest BCUT2D eigenvalue weighted by Gasteiger charge is 2.14. The van der Waals surface area contributed by atoms with E-state index in [4.69, 9.17) is 0 Å². The zero-order valence-corrected chi connectivity index (χ0v) is 16.5. The zero-order chi connectivity index (χ0) is 21.8. The maximum Gasteiger partial charge on any atom is 0.275 e. The van der Waals surface area contributed by atoms with E-state index < -0.39 is 11.7 Å². The number of hydrazone groups is 1. The van der Waals surface area contributed by atoms with Crippen LogP contribution in [0.25, 0.3) is 16.9 Å². The van der Waals surface area contributed by atoms with Gasteiger partial charge in [0.2, 0.25) is 0 Å². The highest BCUT2D eigenvalue weighted by molar-refractivity contribution is 6.01. The van der Waals surface area contributed by atoms with Crippen molar-refractivity contribution in [2.45, 2.75) is 6.92 Å². The lowest BCUT2D eigenvalue weighted by molar-refractivity contribution is 0.0952. The molecule has 0 aliphatic rings. The van der Waals surface area contributed by atoms with Crippen LogP contribution in [-0.2, 0) is 0 Å². The molecule has 7 nitrogen and oxygen atoms in total. The fourth-order valence-electron chi connectivity index (χ4n) is 3.00. The summed E-state index contributed by atoms with van der Waals surface area (Å²) in [5.41, 5.74) is 5.08. The number of nitrogens with one attached hydrogen (secondary N) is 1. The Morgan fingerprint density at radius 3 is 2.52 bits per heavy atom. The van der Waals surface area contributed by atoms with Crippen molar-refractivity contribution in [3.05, 3.63) is 95.9 Å². The van der Waals surface area contributed by atoms with E-state index in [2.05, 4.69) is 20.8 Å². The summed E-state index contributed by atoms with van der Waals surface area (Å²) in [6, 6.07) is 20.2. The van der Waals surface area contributed by atoms with Crippen molar-refractivity contribution >= 4 is 11.6 Å². The number of rotatable bonds is 5. The van der Waals surface area contributed by atoms with Crippen molar-refractivity contribution in [1.82, 2.24) is 20.4 Å². The Kier molecular flexibility index (Phi) is 5.53. The Morgan fingerprint density at radius 1 is 1.03 bits per heavy atom. The molecule has 0 radical (unpaired) electrons. The summed E-state index contributed by atoms with van der Waals surface area (Å²) in [6.07, 6.45) is 1.73. The fourth-order valence-corrected chi connectivity index (χ4v) is 3.00. The topological polar surface area (TPSA) is 92.4 Å². The molecule has 4 rings (SSSR count). The molecule has 1 heterocycles. The third-order valence-corrected chi connectivity index (χ3v) is 4.64. The van der Waals surface area contributed by atoms with Gasteiger partial charge in [0, 0.05) is 17.2 Å². The Bertz CT molecular complexity index is 1270. The van der Waals surface area contributed by atoms with Crippen LogP contribution in [-0.4, -0.2) is 31.7 Å². The van der Waals surface area contributed by atoms with E-state index in [9.17, 15) is 14.3 Å². The van der Waals surface area contributed by atoms with Gasteiger partial charge >= 0.3 is 0 Å². The lowest BCUT2D eigenvalue weighted by Crippen LogP contribution is -2.20. The van der Waals surface area contributed by atoms with Gasteiger partial charge in [-0.1, -0.05) is 53.7 Å². The lowest BCUT2D eigenvalue weighted by Gasteiger charge is -2.07. The molecule has 2 N–H and O–H groups in total. The number of nitrogens with zero attached hydrogens (tertiary/aromatic N) is 4. The molecule has 0 aliphatic heterocycles. The van der Waals surface area contributed by atoms with Crippen molar-refractivity contribution in [2.75, 3.05) is 0 Å². The quantitative estimate of drug-likeness (QED) is 0.382. The van der Waals surface area contributed by atoms with Gasteiger partial charge in [0.05, 0.1) is 23.2 Å². The van der Waals surface area contributed by atoms with Gasteiger partial charge in [-0.3, -0.25) is 4.79 Å². The Morgan fingerprint density at radius 2 is 1.77 bits per heavy atom. The van der Waals surface area contributed by atoms with Gasteiger partial charge in [-0.25, -0.2) is 14.5 Å². The van der Waals surface area contributed by atoms with Gasteiger partial charge in [-0.05, 0) is 25.1 Å². The minimum absolute atomic E-state index is 0.0252. The predicted molar refractivity (Wildman–Crippen MR) is 115 cm³/mol. The van der Waals surface area contributed by atoms with Gasteiger partial charge < -0.3 is 5.11 Å². The third-order valence-electron chi connectivity index (χ3n) is 4.64. The van der Waals surface area contributed by atoms with Crippen LogP contribution in [0.2, 0.25) is 0 Å². The third kappa shape index (κ3) is 4.32. The number of aromatic nitrogens is 3. The van der Waals surface area contributed by atoms with Crippen LogP contribution in [0.4, 0.5) is 4.39 Å². The summed E-state index contributed by atoms with van der Waals surface area (Å²) in [4.78, 5) is 12.4. The number of hydrogen-bond donors (Lipinski definition) is 2. The van der Waals surface area contributed by atoms with Crippen molar-refractivity contribution in [1.29, 1.82) is 0 Å². The molecule has 3 aromatic carbocycles. The minimum atomic E-state index is -0.622. The van der Waals surface area contributed by atoms with E-state index in [-0.39, 0.29) is 16.9 Å². The number of hydrogen-bond acceptors (Lipinski definition) is 5. The van der Waals surface area contributed by atoms with E-state index in [0.717, 1.165) is 5.56 Å². The molecule has 0 saturated carbocycles. The molecular weight excluding hydrogens is 397 g/mol. The van der Waals surface area contributed by atoms with Gasteiger partial charge in [-0.15, -0.1) is 5.10 Å². The van der Waals surface area contributed by atoms with Crippen molar-refractivity contribution in [2.24, 2.45) is 5.10 Å². The number of phenolic OH excluding ortho intramolecular Hbond substituents is 1. The van der Waals surface area contributed by atoms with Crippen LogP contribution in [0.1, 0.15) is 22.8 Å². The summed E-state index contributed by atoms with van der Waals surface area (Å²) in [6.45, 7) is 1.58. The molecule has 154 valence electrons. The first-order chi connectivity index (χ1) is 15.0. The van der Waals surface area contributed by atoms with E-state index in [1.54, 1.807) is 37.4 Å². The number of benzene rings is 3. The monoisotopic (exact) mass is 415 g/mol. The van der Waals surface area contributed by atoms with Crippen molar-refractivity contribution < 1.29 is 14.3 Å². The first-order valence-electron chi connectivity index (χ1n) is 9.43. The van der Waals surface area contributed by atoms with E-state index in [0.29, 0.717) is 17.1 Å². The average Bonchev–Trinajstić information content (AvgIpc) is 3.28. The number of halogens is 1. The largest absolute Gasteiger partial charge is 0.507 e. The van der Waals surface area contributed by atoms with E-state index >= 15 is 0 Å². The van der Waals surface area contributed by atoms with Gasteiger partial charge in [0.15, 0.2) is 0 Å². The van der Waals surface area contributed by atoms with Gasteiger partial charge in [0.1, 0.15) is 17.3 Å². The van der Waals surface area contributed by atoms with E-state index in [1.165, 1.54) is 22.9 Å². The van der Waals surface area contributed by atoms with Crippen LogP contribution >= 0.6 is 0 Å². The second-order valence-electron chi connectivity index (χ2n) is 6.73. The van der Waals surface area contributed by atoms with E-state index in [1.807, 2.05) is 30.3 Å². The van der Waals surface area contributed by atoms with Crippen molar-refractivity contribution in [3.63, 3.8) is 0 Å². The van der Waals surface area contributed by atoms with Crippen LogP contribution in [0, 0.1) is 5.82 Å². The van der Waals surface area contributed by atoms with Crippen LogP contribution in [0.15, 0.2) is 84.1 Å². The summed E-state index contributed by atoms with van der Waals surface area (Å²) >= 11 is 0. The van der Waals surface area contributed by atoms with Gasteiger partial charge in [0.25, 0.3) is 5.91 Å². The van der Waals surface area contributed by atoms with Crippen LogP contribution in [0.5, 0.6) is 5.75 Å². The molecule has 0 aliphatic carbocycles. The fraction of sp³-hybridized carbons (Fsp3) is 0.0435. The van der Waals surface area contributed by atoms with Crippen molar-refractivity contribution in [3.8, 4) is 22.7 Å². The Hall–Kier alpha value is -4.33. The maximum absolute atomic E-state index is 13.8. The second-order valence-corrected chi connectivity index (χ2v) is 6.73. The lowest BCUT2D eigenvalue weighted by atomic mass is 10.1. The van der Waals surface area contributed by atoms with Gasteiger partial charge in [-0.2, -0.15) is 5.10 Å². The molecule has 0 unspecified atom stereocenters. The molecule has 0 bridgehead atoms. The van der Waals surface area contributed by atoms with Crippen LogP contribution < -0.4 is 5.43 Å². The minimum Gasteiger partial charge on any atom is -0.507 e. The maximum atomic E-state index is 13.8. The first kappa shape index (κ1) is 20.0. The number of carbonyl (C=O) groups is 1. The summed E-state index contributed by atoms with van der Waals surface area (Å²) in [5, 5.41) is 22.5. The standard InChI is InChI=1S/C23H18FN5O2/c1-15(18-9-5-6-10-20(18)24)25-27-23(31)19-12-11-17(13-22(19)30)29-14-21(26-28-29)16-7-3-2-4-8-16/h2-14,30H,1H3,(H,27,31). The highest BCUT2D eigenvalue weighted by Crippen LogP contribution is 2.23. The Balaban J connectivity index is 1.51. The number of phenols is 1. The number of amides is 1. The number of aromatic hydroxyl groups is 1. The molecule has 8 heteroatoms. The highest BCUT2D eigenvalue weighted by atomic mass is 19.1. The molecule has 0 spiro atoms. The molecule has 4 aromatic rings. The number of carbonyl (C=O) groups excluding carboxylic acids is 1. The summed E-state index contributed by atoms with van der Waals surface area (Å²) < 4.78 is 15.3.